The number of halogens is 3. The summed E-state index contributed by atoms with van der Waals surface area (Å²) >= 11 is 0. The van der Waals surface area contributed by atoms with Crippen LogP contribution in [0.1, 0.15) is 17.2 Å². The number of benzene rings is 1. The lowest BCUT2D eigenvalue weighted by molar-refractivity contribution is -0.140. The highest BCUT2D eigenvalue weighted by atomic mass is 19.4. The number of alkyl halides is 3. The first-order valence-electron chi connectivity index (χ1n) is 4.64. The molecule has 0 saturated heterocycles. The molecule has 96 valence electrons. The average molecular weight is 252 g/mol. The van der Waals surface area contributed by atoms with Crippen LogP contribution in [0.5, 0.6) is 5.75 Å². The molecular formula is C10H11F3O4. The van der Waals surface area contributed by atoms with Gasteiger partial charge in [-0.15, -0.1) is 0 Å². The van der Waals surface area contributed by atoms with Crippen LogP contribution in [0.4, 0.5) is 13.2 Å². The van der Waals surface area contributed by atoms with E-state index >= 15 is 0 Å². The summed E-state index contributed by atoms with van der Waals surface area (Å²) in [6.07, 6.45) is -8.37. The Hall–Kier alpha value is -1.31. The van der Waals surface area contributed by atoms with Crippen molar-refractivity contribution in [1.82, 2.24) is 0 Å². The standard InChI is InChI=1S/C10H11F3O4/c11-10(12,13)7-3-5(15)1-2-6(7)9(17)8(16)4-14/h1-3,8-9,14-17H,4H2. The highest BCUT2D eigenvalue weighted by molar-refractivity contribution is 5.38. The van der Waals surface area contributed by atoms with Crippen LogP contribution >= 0.6 is 0 Å². The lowest BCUT2D eigenvalue weighted by Gasteiger charge is -2.20. The van der Waals surface area contributed by atoms with E-state index < -0.39 is 41.9 Å². The molecule has 0 spiro atoms. The van der Waals surface area contributed by atoms with Crippen LogP contribution in [-0.4, -0.2) is 33.1 Å². The van der Waals surface area contributed by atoms with Crippen LogP contribution in [0.25, 0.3) is 0 Å². The first kappa shape index (κ1) is 13.8. The molecule has 0 saturated carbocycles. The summed E-state index contributed by atoms with van der Waals surface area (Å²) in [6.45, 7) is -0.876. The van der Waals surface area contributed by atoms with E-state index in [-0.39, 0.29) is 0 Å². The van der Waals surface area contributed by atoms with Crippen LogP contribution < -0.4 is 0 Å². The summed E-state index contributed by atoms with van der Waals surface area (Å²) in [6, 6.07) is 2.25. The van der Waals surface area contributed by atoms with E-state index in [0.29, 0.717) is 6.07 Å². The fourth-order valence-electron chi connectivity index (χ4n) is 1.35. The SMILES string of the molecule is OCC(O)C(O)c1ccc(O)cc1C(F)(F)F. The van der Waals surface area contributed by atoms with Gasteiger partial charge in [-0.25, -0.2) is 0 Å². The van der Waals surface area contributed by atoms with Gasteiger partial charge in [0.2, 0.25) is 0 Å². The lowest BCUT2D eigenvalue weighted by Crippen LogP contribution is -2.24. The molecule has 0 heterocycles. The number of aliphatic hydroxyl groups is 3. The highest BCUT2D eigenvalue weighted by Crippen LogP contribution is 2.37. The lowest BCUT2D eigenvalue weighted by atomic mass is 9.98. The Labute approximate surface area is 94.6 Å². The summed E-state index contributed by atoms with van der Waals surface area (Å²) < 4.78 is 37.8. The number of rotatable bonds is 3. The van der Waals surface area contributed by atoms with Crippen molar-refractivity contribution >= 4 is 0 Å². The second-order valence-electron chi connectivity index (χ2n) is 3.46. The third kappa shape index (κ3) is 3.09. The summed E-state index contributed by atoms with van der Waals surface area (Å²) in [7, 11) is 0. The first-order valence-corrected chi connectivity index (χ1v) is 4.64. The summed E-state index contributed by atoms with van der Waals surface area (Å²) in [5.74, 6) is -0.605. The minimum atomic E-state index is -4.77. The number of aromatic hydroxyl groups is 1. The predicted molar refractivity (Wildman–Crippen MR) is 51.2 cm³/mol. The van der Waals surface area contributed by atoms with Crippen molar-refractivity contribution in [3.63, 3.8) is 0 Å². The largest absolute Gasteiger partial charge is 0.508 e. The Balaban J connectivity index is 3.24. The highest BCUT2D eigenvalue weighted by Gasteiger charge is 2.36. The average Bonchev–Trinajstić information content (AvgIpc) is 2.25. The molecule has 4 N–H and O–H groups in total. The van der Waals surface area contributed by atoms with Crippen molar-refractivity contribution in [2.75, 3.05) is 6.61 Å². The maximum atomic E-state index is 12.6. The van der Waals surface area contributed by atoms with Crippen molar-refractivity contribution in [3.05, 3.63) is 29.3 Å². The molecule has 1 rings (SSSR count). The van der Waals surface area contributed by atoms with Gasteiger partial charge in [0.1, 0.15) is 18.0 Å². The summed E-state index contributed by atoms with van der Waals surface area (Å²) in [5, 5.41) is 36.1. The van der Waals surface area contributed by atoms with E-state index in [1.54, 1.807) is 0 Å². The molecule has 0 aliphatic heterocycles. The van der Waals surface area contributed by atoms with Crippen LogP contribution in [0.3, 0.4) is 0 Å². The maximum absolute atomic E-state index is 12.6. The zero-order chi connectivity index (χ0) is 13.2. The molecule has 0 aromatic heterocycles. The number of phenols is 1. The molecule has 0 aliphatic carbocycles. The Bertz CT molecular complexity index is 392. The van der Waals surface area contributed by atoms with Gasteiger partial charge in [-0.3, -0.25) is 0 Å². The molecule has 1 aromatic rings. The van der Waals surface area contributed by atoms with Crippen LogP contribution in [0.15, 0.2) is 18.2 Å². The Morgan fingerprint density at radius 2 is 1.76 bits per heavy atom. The molecule has 0 amide bonds. The van der Waals surface area contributed by atoms with Gasteiger partial charge in [0.25, 0.3) is 0 Å². The smallest absolute Gasteiger partial charge is 0.416 e. The van der Waals surface area contributed by atoms with Gasteiger partial charge in [-0.1, -0.05) is 6.07 Å². The third-order valence-corrected chi connectivity index (χ3v) is 2.21. The van der Waals surface area contributed by atoms with E-state index in [1.165, 1.54) is 0 Å². The van der Waals surface area contributed by atoms with Crippen LogP contribution in [-0.2, 0) is 6.18 Å². The molecule has 17 heavy (non-hydrogen) atoms. The van der Waals surface area contributed by atoms with Gasteiger partial charge < -0.3 is 20.4 Å². The topological polar surface area (TPSA) is 80.9 Å². The minimum Gasteiger partial charge on any atom is -0.508 e. The van der Waals surface area contributed by atoms with Crippen molar-refractivity contribution in [3.8, 4) is 5.75 Å². The fraction of sp³-hybridized carbons (Fsp3) is 0.400. The molecule has 2 unspecified atom stereocenters. The monoisotopic (exact) mass is 252 g/mol. The molecule has 0 bridgehead atoms. The van der Waals surface area contributed by atoms with Gasteiger partial charge in [-0.05, 0) is 17.7 Å². The van der Waals surface area contributed by atoms with Crippen molar-refractivity contribution in [2.24, 2.45) is 0 Å². The Kier molecular flexibility index (Phi) is 3.97. The summed E-state index contributed by atoms with van der Waals surface area (Å²) in [4.78, 5) is 0. The molecule has 0 aliphatic rings. The predicted octanol–water partition coefficient (Wildman–Crippen LogP) is 0.798. The summed E-state index contributed by atoms with van der Waals surface area (Å²) in [5.41, 5.74) is -1.85. The second-order valence-corrected chi connectivity index (χ2v) is 3.46. The van der Waals surface area contributed by atoms with E-state index in [4.69, 9.17) is 15.3 Å². The normalized spacial score (nSPS) is 15.6. The Morgan fingerprint density at radius 1 is 1.18 bits per heavy atom. The molecular weight excluding hydrogens is 241 g/mol. The fourth-order valence-corrected chi connectivity index (χ4v) is 1.35. The number of aliphatic hydroxyl groups excluding tert-OH is 3. The van der Waals surface area contributed by atoms with Crippen LogP contribution in [0, 0.1) is 0 Å². The van der Waals surface area contributed by atoms with Crippen molar-refractivity contribution < 1.29 is 33.6 Å². The van der Waals surface area contributed by atoms with E-state index in [2.05, 4.69) is 0 Å². The van der Waals surface area contributed by atoms with Gasteiger partial charge >= 0.3 is 6.18 Å². The molecule has 0 fully saturated rings. The van der Waals surface area contributed by atoms with E-state index in [9.17, 15) is 18.3 Å². The van der Waals surface area contributed by atoms with Crippen LogP contribution in [0.2, 0.25) is 0 Å². The third-order valence-electron chi connectivity index (χ3n) is 2.21. The first-order chi connectivity index (χ1) is 7.77. The Morgan fingerprint density at radius 3 is 2.24 bits per heavy atom. The van der Waals surface area contributed by atoms with E-state index in [0.717, 1.165) is 12.1 Å². The zero-order valence-electron chi connectivity index (χ0n) is 8.52. The van der Waals surface area contributed by atoms with Gasteiger partial charge in [0.15, 0.2) is 0 Å². The minimum absolute atomic E-state index is 0.447. The maximum Gasteiger partial charge on any atom is 0.416 e. The molecule has 2 atom stereocenters. The van der Waals surface area contributed by atoms with Gasteiger partial charge in [0.05, 0.1) is 12.2 Å². The number of hydrogen-bond acceptors (Lipinski definition) is 4. The molecule has 1 aromatic carbocycles. The molecule has 4 nitrogen and oxygen atoms in total. The number of phenolic OH excluding ortho intramolecular Hbond substituents is 1. The quantitative estimate of drug-likeness (QED) is 0.641. The molecule has 7 heteroatoms. The number of hydrogen-bond donors (Lipinski definition) is 4. The van der Waals surface area contributed by atoms with Gasteiger partial charge in [-0.2, -0.15) is 13.2 Å². The van der Waals surface area contributed by atoms with Crippen molar-refractivity contribution in [1.29, 1.82) is 0 Å². The second kappa shape index (κ2) is 4.91. The zero-order valence-corrected chi connectivity index (χ0v) is 8.52. The van der Waals surface area contributed by atoms with Gasteiger partial charge in [0, 0.05) is 0 Å². The van der Waals surface area contributed by atoms with Crippen molar-refractivity contribution in [2.45, 2.75) is 18.4 Å². The molecule has 0 radical (unpaired) electrons. The van der Waals surface area contributed by atoms with E-state index in [1.807, 2.05) is 0 Å².